The van der Waals surface area contributed by atoms with Crippen LogP contribution in [0.1, 0.15) is 174 Å². The third kappa shape index (κ3) is 27.8. The first kappa shape index (κ1) is 34.4. The molecule has 0 heterocycles. The number of hydrogen-bond donors (Lipinski definition) is 2. The third-order valence-corrected chi connectivity index (χ3v) is 7.09. The van der Waals surface area contributed by atoms with Crippen LogP contribution in [0.25, 0.3) is 0 Å². The number of hydrogen-bond acceptors (Lipinski definition) is 4. The molecule has 0 saturated heterocycles. The normalized spacial score (nSPS) is 12.2. The number of ether oxygens (including phenoxy) is 1. The van der Waals surface area contributed by atoms with Gasteiger partial charge in [-0.2, -0.15) is 0 Å². The average molecular weight is 497 g/mol. The molecular weight excluding hydrogens is 432 g/mol. The van der Waals surface area contributed by atoms with E-state index >= 15 is 0 Å². The highest BCUT2D eigenvalue weighted by molar-refractivity contribution is 5.69. The van der Waals surface area contributed by atoms with Gasteiger partial charge in [-0.25, -0.2) is 0 Å². The molecule has 0 saturated carbocycles. The smallest absolute Gasteiger partial charge is 0.307 e. The van der Waals surface area contributed by atoms with Gasteiger partial charge in [0, 0.05) is 12.8 Å². The maximum atomic E-state index is 12.2. The van der Waals surface area contributed by atoms with Crippen molar-refractivity contribution in [3.05, 3.63) is 0 Å². The van der Waals surface area contributed by atoms with Crippen molar-refractivity contribution in [3.63, 3.8) is 0 Å². The topological polar surface area (TPSA) is 64.3 Å². The molecule has 1 unspecified atom stereocenters. The maximum absolute atomic E-state index is 12.2. The van der Waals surface area contributed by atoms with Gasteiger partial charge in [-0.3, -0.25) is 10.1 Å². The van der Waals surface area contributed by atoms with Crippen LogP contribution in [0.3, 0.4) is 0 Å². The predicted molar refractivity (Wildman–Crippen MR) is 154 cm³/mol. The van der Waals surface area contributed by atoms with Gasteiger partial charge in [0.1, 0.15) is 0 Å². The summed E-state index contributed by atoms with van der Waals surface area (Å²) in [6.45, 7) is 6.00. The Hall–Kier alpha value is -0.610. The summed E-state index contributed by atoms with van der Waals surface area (Å²) in [5.74, 6) is -0.0696. The molecule has 0 aromatic carbocycles. The molecule has 210 valence electrons. The Morgan fingerprint density at radius 3 is 1.37 bits per heavy atom. The van der Waals surface area contributed by atoms with Gasteiger partial charge in [-0.05, 0) is 25.9 Å². The van der Waals surface area contributed by atoms with Crippen molar-refractivity contribution in [3.8, 4) is 0 Å². The molecule has 0 radical (unpaired) electrons. The van der Waals surface area contributed by atoms with E-state index in [1.807, 2.05) is 0 Å². The molecule has 0 aliphatic rings. The summed E-state index contributed by atoms with van der Waals surface area (Å²) in [5.41, 5.74) is 5.73. The first-order chi connectivity index (χ1) is 17.2. The van der Waals surface area contributed by atoms with Crippen molar-refractivity contribution in [2.24, 2.45) is 5.73 Å². The van der Waals surface area contributed by atoms with Gasteiger partial charge in [-0.1, -0.05) is 149 Å². The first-order valence-electron chi connectivity index (χ1n) is 15.9. The van der Waals surface area contributed by atoms with Crippen LogP contribution in [-0.2, 0) is 9.53 Å². The lowest BCUT2D eigenvalue weighted by molar-refractivity contribution is -0.151. The van der Waals surface area contributed by atoms with E-state index in [9.17, 15) is 4.79 Å². The summed E-state index contributed by atoms with van der Waals surface area (Å²) in [5, 5.41) is 3.41. The van der Waals surface area contributed by atoms with Crippen molar-refractivity contribution in [1.82, 2.24) is 5.32 Å². The van der Waals surface area contributed by atoms with Crippen LogP contribution in [0.2, 0.25) is 0 Å². The van der Waals surface area contributed by atoms with Crippen molar-refractivity contribution >= 4 is 5.97 Å². The molecule has 0 bridgehead atoms. The second-order valence-electron chi connectivity index (χ2n) is 10.7. The molecule has 0 aromatic rings. The van der Waals surface area contributed by atoms with Crippen LogP contribution < -0.4 is 11.1 Å². The molecule has 1 atom stereocenters. The van der Waals surface area contributed by atoms with Gasteiger partial charge in [0.15, 0.2) is 6.23 Å². The van der Waals surface area contributed by atoms with E-state index in [2.05, 4.69) is 19.2 Å². The minimum Gasteiger partial charge on any atom is -0.447 e. The van der Waals surface area contributed by atoms with E-state index in [0.717, 1.165) is 25.8 Å². The molecule has 0 amide bonds. The first-order valence-corrected chi connectivity index (χ1v) is 15.9. The zero-order valence-corrected chi connectivity index (χ0v) is 24.1. The van der Waals surface area contributed by atoms with E-state index < -0.39 is 0 Å². The minimum atomic E-state index is -0.215. The molecule has 4 nitrogen and oxygen atoms in total. The fraction of sp³-hybridized carbons (Fsp3) is 0.968. The number of esters is 1. The summed E-state index contributed by atoms with van der Waals surface area (Å²) < 4.78 is 5.65. The van der Waals surface area contributed by atoms with Crippen molar-refractivity contribution in [1.29, 1.82) is 0 Å². The molecule has 0 aromatic heterocycles. The molecule has 0 aliphatic carbocycles. The van der Waals surface area contributed by atoms with Gasteiger partial charge in [0.2, 0.25) is 0 Å². The van der Waals surface area contributed by atoms with Gasteiger partial charge in [0.25, 0.3) is 0 Å². The highest BCUT2D eigenvalue weighted by Crippen LogP contribution is 2.13. The summed E-state index contributed by atoms with van der Waals surface area (Å²) >= 11 is 0. The van der Waals surface area contributed by atoms with Crippen LogP contribution in [-0.4, -0.2) is 25.3 Å². The highest BCUT2D eigenvalue weighted by atomic mass is 16.6. The fourth-order valence-corrected chi connectivity index (χ4v) is 4.73. The van der Waals surface area contributed by atoms with Crippen LogP contribution in [0.5, 0.6) is 0 Å². The molecule has 0 rings (SSSR count). The summed E-state index contributed by atoms with van der Waals surface area (Å²) in [6, 6.07) is 0. The molecule has 4 heteroatoms. The Morgan fingerprint density at radius 1 is 0.600 bits per heavy atom. The number of rotatable bonds is 29. The van der Waals surface area contributed by atoms with Crippen molar-refractivity contribution in [2.45, 2.75) is 181 Å². The summed E-state index contributed by atoms with van der Waals surface area (Å²) in [6.07, 6.45) is 31.6. The van der Waals surface area contributed by atoms with E-state index in [-0.39, 0.29) is 12.2 Å². The number of nitrogens with two attached hydrogens (primary N) is 1. The number of carbonyl (C=O) groups is 1. The van der Waals surface area contributed by atoms with Crippen LogP contribution in [0.15, 0.2) is 0 Å². The van der Waals surface area contributed by atoms with Gasteiger partial charge in [-0.15, -0.1) is 0 Å². The van der Waals surface area contributed by atoms with Crippen molar-refractivity contribution < 1.29 is 9.53 Å². The maximum Gasteiger partial charge on any atom is 0.307 e. The number of unbranched alkanes of at least 4 members (excludes halogenated alkanes) is 21. The lowest BCUT2D eigenvalue weighted by Gasteiger charge is -2.19. The van der Waals surface area contributed by atoms with E-state index in [1.165, 1.54) is 128 Å². The van der Waals surface area contributed by atoms with Crippen LogP contribution >= 0.6 is 0 Å². The lowest BCUT2D eigenvalue weighted by atomic mass is 10.0. The molecule has 0 spiro atoms. The standard InChI is InChI=1S/C31H64N2O2/c1-3-5-7-9-11-13-14-15-16-17-19-21-23-25-29-33-30(27-28-32)35-31(34)26-24-22-20-18-12-10-8-6-4-2/h30,33H,3-29,32H2,1-2H3. The number of carbonyl (C=O) groups excluding carboxylic acids is 1. The van der Waals surface area contributed by atoms with Crippen LogP contribution in [0.4, 0.5) is 0 Å². The summed E-state index contributed by atoms with van der Waals surface area (Å²) in [4.78, 5) is 12.2. The van der Waals surface area contributed by atoms with Gasteiger partial charge < -0.3 is 10.5 Å². The highest BCUT2D eigenvalue weighted by Gasteiger charge is 2.12. The quantitative estimate of drug-likeness (QED) is 0.0615. The molecule has 0 aliphatic heterocycles. The van der Waals surface area contributed by atoms with E-state index in [4.69, 9.17) is 10.5 Å². The SMILES string of the molecule is CCCCCCCCCCCCCCCCNC(CCN)OC(=O)CCCCCCCCCCC. The Morgan fingerprint density at radius 2 is 0.971 bits per heavy atom. The Balaban J connectivity index is 3.52. The molecule has 35 heavy (non-hydrogen) atoms. The fourth-order valence-electron chi connectivity index (χ4n) is 4.73. The Labute approximate surface area is 220 Å². The zero-order valence-electron chi connectivity index (χ0n) is 24.1. The third-order valence-electron chi connectivity index (χ3n) is 7.09. The van der Waals surface area contributed by atoms with Gasteiger partial charge in [0.05, 0.1) is 0 Å². The molecule has 3 N–H and O–H groups in total. The Kier molecular flexibility index (Phi) is 29.1. The minimum absolute atomic E-state index is 0.0696. The average Bonchev–Trinajstić information content (AvgIpc) is 2.85. The van der Waals surface area contributed by atoms with E-state index in [0.29, 0.717) is 19.4 Å². The Bertz CT molecular complexity index is 417. The second kappa shape index (κ2) is 29.6. The van der Waals surface area contributed by atoms with Gasteiger partial charge >= 0.3 is 5.97 Å². The molecular formula is C31H64N2O2. The van der Waals surface area contributed by atoms with Crippen LogP contribution in [0, 0.1) is 0 Å². The molecule has 0 fully saturated rings. The lowest BCUT2D eigenvalue weighted by Crippen LogP contribution is -2.36. The zero-order chi connectivity index (χ0) is 25.7. The summed E-state index contributed by atoms with van der Waals surface area (Å²) in [7, 11) is 0. The largest absolute Gasteiger partial charge is 0.447 e. The van der Waals surface area contributed by atoms with E-state index in [1.54, 1.807) is 0 Å². The monoisotopic (exact) mass is 496 g/mol. The number of nitrogens with one attached hydrogen (secondary N) is 1. The second-order valence-corrected chi connectivity index (χ2v) is 10.7. The predicted octanol–water partition coefficient (Wildman–Crippen LogP) is 9.20. The van der Waals surface area contributed by atoms with Crippen molar-refractivity contribution in [2.75, 3.05) is 13.1 Å².